The SMILES string of the molecule is CC1(C)c2ccccc2-c2ccc(Nc3cccc4c3-c3ccccc3C43c4ccccc4-c4c3ccc3c4sc4ccccc43)cc21. The van der Waals surface area contributed by atoms with Crippen LogP contribution in [0.4, 0.5) is 11.4 Å². The molecule has 226 valence electrons. The fourth-order valence-corrected chi connectivity index (χ4v) is 10.8. The van der Waals surface area contributed by atoms with Crippen molar-refractivity contribution in [3.05, 3.63) is 179 Å². The van der Waals surface area contributed by atoms with Crippen molar-refractivity contribution in [2.24, 2.45) is 0 Å². The smallest absolute Gasteiger partial charge is 0.0726 e. The van der Waals surface area contributed by atoms with Crippen molar-refractivity contribution < 1.29 is 0 Å². The summed E-state index contributed by atoms with van der Waals surface area (Å²) >= 11 is 1.93. The lowest BCUT2D eigenvalue weighted by atomic mass is 9.70. The molecule has 0 saturated carbocycles. The Kier molecular flexibility index (Phi) is 5.06. The molecule has 48 heavy (non-hydrogen) atoms. The van der Waals surface area contributed by atoms with Gasteiger partial charge in [0.05, 0.1) is 5.41 Å². The van der Waals surface area contributed by atoms with E-state index in [4.69, 9.17) is 0 Å². The molecule has 11 rings (SSSR count). The molecular formula is C46H31NS. The van der Waals surface area contributed by atoms with E-state index >= 15 is 0 Å². The van der Waals surface area contributed by atoms with Crippen molar-refractivity contribution in [3.63, 3.8) is 0 Å². The number of nitrogens with one attached hydrogen (secondary N) is 1. The Morgan fingerprint density at radius 1 is 0.458 bits per heavy atom. The predicted octanol–water partition coefficient (Wildman–Crippen LogP) is 12.4. The Bertz CT molecular complexity index is 2690. The highest BCUT2D eigenvalue weighted by Gasteiger charge is 2.52. The van der Waals surface area contributed by atoms with Gasteiger partial charge in [-0.05, 0) is 79.9 Å². The van der Waals surface area contributed by atoms with Gasteiger partial charge in [0.15, 0.2) is 0 Å². The van der Waals surface area contributed by atoms with Gasteiger partial charge < -0.3 is 5.32 Å². The van der Waals surface area contributed by atoms with Crippen LogP contribution in [-0.2, 0) is 10.8 Å². The Balaban J connectivity index is 1.15. The van der Waals surface area contributed by atoms with Gasteiger partial charge in [0.2, 0.25) is 0 Å². The van der Waals surface area contributed by atoms with Crippen molar-refractivity contribution in [2.75, 3.05) is 5.32 Å². The molecule has 1 nitrogen and oxygen atoms in total. The number of hydrogen-bond acceptors (Lipinski definition) is 2. The van der Waals surface area contributed by atoms with Crippen molar-refractivity contribution in [3.8, 4) is 33.4 Å². The van der Waals surface area contributed by atoms with Crippen LogP contribution in [0.15, 0.2) is 146 Å². The summed E-state index contributed by atoms with van der Waals surface area (Å²) in [6.45, 7) is 4.70. The van der Waals surface area contributed by atoms with Gasteiger partial charge in [-0.15, -0.1) is 11.3 Å². The lowest BCUT2D eigenvalue weighted by Crippen LogP contribution is -2.25. The maximum Gasteiger partial charge on any atom is 0.0726 e. The molecular weight excluding hydrogens is 599 g/mol. The van der Waals surface area contributed by atoms with Gasteiger partial charge in [-0.2, -0.15) is 0 Å². The molecule has 0 aliphatic heterocycles. The zero-order valence-electron chi connectivity index (χ0n) is 26.8. The lowest BCUT2D eigenvalue weighted by Gasteiger charge is -2.30. The number of rotatable bonds is 2. The summed E-state index contributed by atoms with van der Waals surface area (Å²) in [4.78, 5) is 0. The van der Waals surface area contributed by atoms with Gasteiger partial charge in [0, 0.05) is 48.1 Å². The molecule has 0 saturated heterocycles. The predicted molar refractivity (Wildman–Crippen MR) is 203 cm³/mol. The lowest BCUT2D eigenvalue weighted by molar-refractivity contribution is 0.660. The van der Waals surface area contributed by atoms with E-state index in [9.17, 15) is 0 Å². The third-order valence-corrected chi connectivity index (χ3v) is 12.7. The maximum atomic E-state index is 3.94. The Labute approximate surface area is 284 Å². The highest BCUT2D eigenvalue weighted by molar-refractivity contribution is 7.26. The molecule has 8 aromatic rings. The van der Waals surface area contributed by atoms with Crippen LogP contribution in [-0.4, -0.2) is 0 Å². The highest BCUT2D eigenvalue weighted by Crippen LogP contribution is 2.65. The molecule has 1 spiro atoms. The third kappa shape index (κ3) is 3.12. The van der Waals surface area contributed by atoms with Crippen LogP contribution in [0.3, 0.4) is 0 Å². The summed E-state index contributed by atoms with van der Waals surface area (Å²) in [5.74, 6) is 0. The Morgan fingerprint density at radius 2 is 1.08 bits per heavy atom. The normalized spacial score (nSPS) is 17.2. The standard InChI is InChI=1S/C46H31NS/c1-45(2)34-16-7-3-12-28(34)29-23-22-27(26-39(29)45)47-40-20-11-19-37-42(40)32-14-4-8-17-35(32)46(37)36-18-9-5-15-33(36)43-38(46)25-24-31-30-13-6-10-21-41(30)48-44(31)43/h3-26,47H,1-2H3. The molecule has 3 aliphatic rings. The van der Waals surface area contributed by atoms with Crippen molar-refractivity contribution in [2.45, 2.75) is 24.7 Å². The second-order valence-electron chi connectivity index (χ2n) is 14.1. The Hall–Kier alpha value is -5.44. The molecule has 7 aromatic carbocycles. The Morgan fingerprint density at radius 3 is 1.90 bits per heavy atom. The van der Waals surface area contributed by atoms with E-state index in [-0.39, 0.29) is 10.8 Å². The number of hydrogen-bond donors (Lipinski definition) is 1. The summed E-state index contributed by atoms with van der Waals surface area (Å²) < 4.78 is 2.73. The minimum Gasteiger partial charge on any atom is -0.355 e. The minimum atomic E-state index is -0.387. The van der Waals surface area contributed by atoms with Crippen LogP contribution in [0.2, 0.25) is 0 Å². The van der Waals surface area contributed by atoms with E-state index in [0.29, 0.717) is 0 Å². The molecule has 0 radical (unpaired) electrons. The quantitative estimate of drug-likeness (QED) is 0.201. The van der Waals surface area contributed by atoms with Gasteiger partial charge in [0.25, 0.3) is 0 Å². The zero-order valence-corrected chi connectivity index (χ0v) is 27.6. The van der Waals surface area contributed by atoms with E-state index in [1.807, 2.05) is 11.3 Å². The van der Waals surface area contributed by atoms with Crippen LogP contribution < -0.4 is 5.32 Å². The van der Waals surface area contributed by atoms with Crippen LogP contribution >= 0.6 is 11.3 Å². The minimum absolute atomic E-state index is 0.0475. The molecule has 1 N–H and O–H groups in total. The second kappa shape index (κ2) is 9.13. The average molecular weight is 630 g/mol. The van der Waals surface area contributed by atoms with Gasteiger partial charge >= 0.3 is 0 Å². The van der Waals surface area contributed by atoms with Crippen LogP contribution in [0, 0.1) is 0 Å². The maximum absolute atomic E-state index is 3.94. The molecule has 1 unspecified atom stereocenters. The first-order valence-corrected chi connectivity index (χ1v) is 17.7. The number of thiophene rings is 1. The fraction of sp³-hybridized carbons (Fsp3) is 0.0870. The summed E-state index contributed by atoms with van der Waals surface area (Å²) in [7, 11) is 0. The van der Waals surface area contributed by atoms with Crippen LogP contribution in [0.1, 0.15) is 47.2 Å². The molecule has 0 amide bonds. The van der Waals surface area contributed by atoms with Crippen molar-refractivity contribution in [1.29, 1.82) is 0 Å². The zero-order chi connectivity index (χ0) is 31.8. The topological polar surface area (TPSA) is 12.0 Å². The first-order chi connectivity index (χ1) is 23.6. The van der Waals surface area contributed by atoms with Crippen LogP contribution in [0.5, 0.6) is 0 Å². The molecule has 3 aliphatic carbocycles. The summed E-state index contributed by atoms with van der Waals surface area (Å²) in [6, 6.07) is 54.7. The van der Waals surface area contributed by atoms with Crippen molar-refractivity contribution >= 4 is 42.9 Å². The highest BCUT2D eigenvalue weighted by atomic mass is 32.1. The van der Waals surface area contributed by atoms with E-state index in [1.165, 1.54) is 86.9 Å². The number of fused-ring (bicyclic) bond motifs is 17. The first kappa shape index (κ1) is 26.6. The molecule has 0 bridgehead atoms. The van der Waals surface area contributed by atoms with Crippen LogP contribution in [0.25, 0.3) is 53.6 Å². The first-order valence-electron chi connectivity index (χ1n) is 16.9. The third-order valence-electron chi connectivity index (χ3n) is 11.5. The summed E-state index contributed by atoms with van der Waals surface area (Å²) in [5, 5.41) is 6.64. The van der Waals surface area contributed by atoms with E-state index < -0.39 is 0 Å². The van der Waals surface area contributed by atoms with Gasteiger partial charge in [-0.1, -0.05) is 135 Å². The largest absolute Gasteiger partial charge is 0.355 e. The monoisotopic (exact) mass is 629 g/mol. The number of benzene rings is 7. The second-order valence-corrected chi connectivity index (χ2v) is 15.1. The molecule has 1 aromatic heterocycles. The fourth-order valence-electron chi connectivity index (χ4n) is 9.49. The molecule has 2 heteroatoms. The molecule has 0 fully saturated rings. The number of anilines is 2. The van der Waals surface area contributed by atoms with E-state index in [2.05, 4.69) is 165 Å². The molecule has 1 atom stereocenters. The van der Waals surface area contributed by atoms with Gasteiger partial charge in [-0.3, -0.25) is 0 Å². The summed E-state index contributed by atoms with van der Waals surface area (Å²) in [6.07, 6.45) is 0. The van der Waals surface area contributed by atoms with E-state index in [0.717, 1.165) is 11.4 Å². The average Bonchev–Trinajstić information content (AvgIpc) is 3.81. The summed E-state index contributed by atoms with van der Waals surface area (Å²) in [5.41, 5.74) is 18.2. The van der Waals surface area contributed by atoms with Gasteiger partial charge in [0.1, 0.15) is 0 Å². The van der Waals surface area contributed by atoms with Gasteiger partial charge in [-0.25, -0.2) is 0 Å². The molecule has 1 heterocycles. The van der Waals surface area contributed by atoms with Crippen molar-refractivity contribution in [1.82, 2.24) is 0 Å². The van der Waals surface area contributed by atoms with E-state index in [1.54, 1.807) is 0 Å².